The lowest BCUT2D eigenvalue weighted by Gasteiger charge is -2.10. The van der Waals surface area contributed by atoms with E-state index in [1.807, 2.05) is 12.1 Å². The fraction of sp³-hybridized carbons (Fsp3) is 0.222. The number of ether oxygens (including phenoxy) is 1. The molecular weight excluding hydrogens is 330 g/mol. The van der Waals surface area contributed by atoms with Gasteiger partial charge in [-0.15, -0.1) is 0 Å². The minimum Gasteiger partial charge on any atom is -0.493 e. The SMILES string of the molecule is CC(COc1ccc(CNC(=O)c2cccc(Cl)c2)cc1)C(=O)O. The van der Waals surface area contributed by atoms with Gasteiger partial charge in [-0.1, -0.05) is 29.8 Å². The number of rotatable bonds is 7. The van der Waals surface area contributed by atoms with Crippen molar-refractivity contribution in [3.05, 3.63) is 64.7 Å². The summed E-state index contributed by atoms with van der Waals surface area (Å²) in [5, 5.41) is 12.1. The fourth-order valence-electron chi connectivity index (χ4n) is 1.91. The van der Waals surface area contributed by atoms with Gasteiger partial charge in [0.2, 0.25) is 0 Å². The van der Waals surface area contributed by atoms with E-state index in [2.05, 4.69) is 5.32 Å². The molecule has 2 aromatic carbocycles. The van der Waals surface area contributed by atoms with Crippen LogP contribution in [0.25, 0.3) is 0 Å². The fourth-order valence-corrected chi connectivity index (χ4v) is 2.10. The molecule has 5 nitrogen and oxygen atoms in total. The van der Waals surface area contributed by atoms with E-state index in [9.17, 15) is 9.59 Å². The summed E-state index contributed by atoms with van der Waals surface area (Å²) in [4.78, 5) is 22.8. The Morgan fingerprint density at radius 3 is 2.54 bits per heavy atom. The Balaban J connectivity index is 1.85. The summed E-state index contributed by atoms with van der Waals surface area (Å²) >= 11 is 5.86. The average molecular weight is 348 g/mol. The van der Waals surface area contributed by atoms with Crippen molar-refractivity contribution in [2.24, 2.45) is 5.92 Å². The number of aliphatic carboxylic acids is 1. The van der Waals surface area contributed by atoms with Crippen LogP contribution in [0.4, 0.5) is 0 Å². The maximum Gasteiger partial charge on any atom is 0.309 e. The van der Waals surface area contributed by atoms with Gasteiger partial charge in [-0.2, -0.15) is 0 Å². The third-order valence-electron chi connectivity index (χ3n) is 3.38. The van der Waals surface area contributed by atoms with Crippen LogP contribution in [0.15, 0.2) is 48.5 Å². The van der Waals surface area contributed by atoms with Gasteiger partial charge in [0.25, 0.3) is 5.91 Å². The first-order valence-corrected chi connectivity index (χ1v) is 7.82. The number of halogens is 1. The molecular formula is C18H18ClNO4. The zero-order valence-corrected chi connectivity index (χ0v) is 13.9. The van der Waals surface area contributed by atoms with Gasteiger partial charge in [-0.25, -0.2) is 0 Å². The van der Waals surface area contributed by atoms with E-state index in [0.717, 1.165) is 5.56 Å². The normalized spacial score (nSPS) is 11.6. The maximum absolute atomic E-state index is 12.0. The predicted octanol–water partition coefficient (Wildman–Crippen LogP) is 3.37. The zero-order valence-electron chi connectivity index (χ0n) is 13.2. The van der Waals surface area contributed by atoms with Crippen LogP contribution in [0.1, 0.15) is 22.8 Å². The summed E-state index contributed by atoms with van der Waals surface area (Å²) in [5.74, 6) is -1.07. The number of benzene rings is 2. The monoisotopic (exact) mass is 347 g/mol. The molecule has 0 heterocycles. The summed E-state index contributed by atoms with van der Waals surface area (Å²) in [6, 6.07) is 13.9. The summed E-state index contributed by atoms with van der Waals surface area (Å²) in [6.07, 6.45) is 0. The van der Waals surface area contributed by atoms with E-state index >= 15 is 0 Å². The van der Waals surface area contributed by atoms with Gasteiger partial charge in [0, 0.05) is 17.1 Å². The number of carbonyl (C=O) groups excluding carboxylic acids is 1. The van der Waals surface area contributed by atoms with E-state index in [4.69, 9.17) is 21.4 Å². The Labute approximate surface area is 145 Å². The molecule has 0 spiro atoms. The highest BCUT2D eigenvalue weighted by atomic mass is 35.5. The van der Waals surface area contributed by atoms with Crippen LogP contribution in [0.2, 0.25) is 5.02 Å². The molecule has 2 aromatic rings. The van der Waals surface area contributed by atoms with Crippen molar-refractivity contribution in [3.8, 4) is 5.75 Å². The molecule has 0 aromatic heterocycles. The quantitative estimate of drug-likeness (QED) is 0.805. The molecule has 0 saturated carbocycles. The standard InChI is InChI=1S/C18H18ClNO4/c1-12(18(22)23)11-24-16-7-5-13(6-8-16)10-20-17(21)14-3-2-4-15(19)9-14/h2-9,12H,10-11H2,1H3,(H,20,21)(H,22,23). The molecule has 0 aliphatic rings. The third kappa shape index (κ3) is 5.28. The highest BCUT2D eigenvalue weighted by molar-refractivity contribution is 6.30. The van der Waals surface area contributed by atoms with E-state index in [1.54, 1.807) is 43.3 Å². The topological polar surface area (TPSA) is 75.6 Å². The predicted molar refractivity (Wildman–Crippen MR) is 91.4 cm³/mol. The molecule has 1 amide bonds. The summed E-state index contributed by atoms with van der Waals surface area (Å²) in [6.45, 7) is 2.07. The Hall–Kier alpha value is -2.53. The molecule has 126 valence electrons. The maximum atomic E-state index is 12.0. The Kier molecular flexibility index (Phi) is 6.21. The molecule has 0 aliphatic heterocycles. The summed E-state index contributed by atoms with van der Waals surface area (Å²) in [5.41, 5.74) is 1.41. The van der Waals surface area contributed by atoms with E-state index in [-0.39, 0.29) is 12.5 Å². The molecule has 2 rings (SSSR count). The smallest absolute Gasteiger partial charge is 0.309 e. The van der Waals surface area contributed by atoms with Crippen molar-refractivity contribution >= 4 is 23.5 Å². The number of amides is 1. The minimum atomic E-state index is -0.893. The largest absolute Gasteiger partial charge is 0.493 e. The second-order valence-corrected chi connectivity index (χ2v) is 5.82. The number of carboxylic acid groups (broad SMARTS) is 1. The second kappa shape index (κ2) is 8.36. The first-order chi connectivity index (χ1) is 11.5. The highest BCUT2D eigenvalue weighted by Gasteiger charge is 2.11. The first-order valence-electron chi connectivity index (χ1n) is 7.44. The number of hydrogen-bond donors (Lipinski definition) is 2. The van der Waals surface area contributed by atoms with Gasteiger partial charge in [0.1, 0.15) is 12.4 Å². The van der Waals surface area contributed by atoms with Crippen molar-refractivity contribution in [2.75, 3.05) is 6.61 Å². The molecule has 6 heteroatoms. The molecule has 1 unspecified atom stereocenters. The van der Waals surface area contributed by atoms with Gasteiger partial charge in [-0.05, 0) is 42.8 Å². The Morgan fingerprint density at radius 2 is 1.92 bits per heavy atom. The second-order valence-electron chi connectivity index (χ2n) is 5.39. The molecule has 0 fully saturated rings. The van der Waals surface area contributed by atoms with E-state index in [1.165, 1.54) is 0 Å². The lowest BCUT2D eigenvalue weighted by molar-refractivity contribution is -0.142. The molecule has 0 radical (unpaired) electrons. The lowest BCUT2D eigenvalue weighted by Crippen LogP contribution is -2.22. The Morgan fingerprint density at radius 1 is 1.21 bits per heavy atom. The van der Waals surface area contributed by atoms with Gasteiger partial charge in [0.05, 0.1) is 5.92 Å². The van der Waals surface area contributed by atoms with E-state index in [0.29, 0.717) is 22.9 Å². The van der Waals surface area contributed by atoms with Crippen LogP contribution < -0.4 is 10.1 Å². The molecule has 0 bridgehead atoms. The van der Waals surface area contributed by atoms with Crippen molar-refractivity contribution in [2.45, 2.75) is 13.5 Å². The van der Waals surface area contributed by atoms with Gasteiger partial charge >= 0.3 is 5.97 Å². The number of carbonyl (C=O) groups is 2. The number of carboxylic acids is 1. The lowest BCUT2D eigenvalue weighted by atomic mass is 10.2. The van der Waals surface area contributed by atoms with Crippen LogP contribution in [-0.2, 0) is 11.3 Å². The number of nitrogens with one attached hydrogen (secondary N) is 1. The van der Waals surface area contributed by atoms with Crippen LogP contribution >= 0.6 is 11.6 Å². The first kappa shape index (κ1) is 17.8. The molecule has 0 saturated heterocycles. The van der Waals surface area contributed by atoms with Crippen molar-refractivity contribution in [3.63, 3.8) is 0 Å². The van der Waals surface area contributed by atoms with Crippen LogP contribution in [0.5, 0.6) is 5.75 Å². The van der Waals surface area contributed by atoms with Crippen LogP contribution in [-0.4, -0.2) is 23.6 Å². The molecule has 2 N–H and O–H groups in total. The Bertz CT molecular complexity index is 715. The van der Waals surface area contributed by atoms with E-state index < -0.39 is 11.9 Å². The van der Waals surface area contributed by atoms with Crippen molar-refractivity contribution in [1.82, 2.24) is 5.32 Å². The number of hydrogen-bond acceptors (Lipinski definition) is 3. The van der Waals surface area contributed by atoms with Crippen LogP contribution in [0.3, 0.4) is 0 Å². The van der Waals surface area contributed by atoms with Crippen molar-refractivity contribution < 1.29 is 19.4 Å². The average Bonchev–Trinajstić information content (AvgIpc) is 2.58. The molecule has 24 heavy (non-hydrogen) atoms. The molecule has 0 aliphatic carbocycles. The minimum absolute atomic E-state index is 0.111. The highest BCUT2D eigenvalue weighted by Crippen LogP contribution is 2.14. The van der Waals surface area contributed by atoms with Crippen molar-refractivity contribution in [1.29, 1.82) is 0 Å². The summed E-state index contributed by atoms with van der Waals surface area (Å²) < 4.78 is 5.41. The van der Waals surface area contributed by atoms with Gasteiger partial charge in [0.15, 0.2) is 0 Å². The zero-order chi connectivity index (χ0) is 17.5. The van der Waals surface area contributed by atoms with Crippen LogP contribution in [0, 0.1) is 5.92 Å². The summed E-state index contributed by atoms with van der Waals surface area (Å²) in [7, 11) is 0. The van der Waals surface area contributed by atoms with Gasteiger partial charge in [-0.3, -0.25) is 9.59 Å². The third-order valence-corrected chi connectivity index (χ3v) is 3.62. The van der Waals surface area contributed by atoms with Gasteiger partial charge < -0.3 is 15.2 Å². The molecule has 1 atom stereocenters.